The molecule has 0 spiro atoms. The zero-order valence-corrected chi connectivity index (χ0v) is 9.28. The quantitative estimate of drug-likeness (QED) is 0.629. The van der Waals surface area contributed by atoms with Crippen molar-refractivity contribution in [3.8, 4) is 6.07 Å². The van der Waals surface area contributed by atoms with E-state index in [1.54, 1.807) is 0 Å². The van der Waals surface area contributed by atoms with Gasteiger partial charge < -0.3 is 0 Å². The maximum atomic E-state index is 8.88. The minimum absolute atomic E-state index is 0.353. The van der Waals surface area contributed by atoms with Crippen molar-refractivity contribution in [2.75, 3.05) is 5.75 Å². The molecule has 1 aliphatic rings. The maximum Gasteiger partial charge on any atom is 0.0667 e. The van der Waals surface area contributed by atoms with Crippen LogP contribution in [-0.2, 0) is 0 Å². The molecule has 0 bridgehead atoms. The molecule has 0 saturated heterocycles. The van der Waals surface area contributed by atoms with Crippen molar-refractivity contribution < 1.29 is 0 Å². The van der Waals surface area contributed by atoms with Crippen LogP contribution in [0.25, 0.3) is 0 Å². The van der Waals surface area contributed by atoms with Gasteiger partial charge in [0.25, 0.3) is 0 Å². The van der Waals surface area contributed by atoms with Crippen molar-refractivity contribution in [2.45, 2.75) is 50.7 Å². The summed E-state index contributed by atoms with van der Waals surface area (Å²) in [4.78, 5) is 0. The van der Waals surface area contributed by atoms with Crippen LogP contribution in [0.2, 0.25) is 0 Å². The lowest BCUT2D eigenvalue weighted by atomic mass is 10.1. The zero-order chi connectivity index (χ0) is 9.52. The van der Waals surface area contributed by atoms with Crippen molar-refractivity contribution in [3.05, 3.63) is 0 Å². The lowest BCUT2D eigenvalue weighted by molar-refractivity contribution is 0.711. The average molecular weight is 197 g/mol. The molecule has 0 aromatic heterocycles. The van der Waals surface area contributed by atoms with Crippen LogP contribution in [-0.4, -0.2) is 11.0 Å². The largest absolute Gasteiger partial charge is 0.198 e. The van der Waals surface area contributed by atoms with Crippen molar-refractivity contribution in [1.82, 2.24) is 0 Å². The topological polar surface area (TPSA) is 23.8 Å². The predicted octanol–water partition coefficient (Wildman–Crippen LogP) is 3.60. The first-order valence-electron chi connectivity index (χ1n) is 5.39. The van der Waals surface area contributed by atoms with Crippen LogP contribution in [0.4, 0.5) is 0 Å². The summed E-state index contributed by atoms with van der Waals surface area (Å²) in [5, 5.41) is 9.53. The molecule has 13 heavy (non-hydrogen) atoms. The van der Waals surface area contributed by atoms with Crippen LogP contribution >= 0.6 is 11.8 Å². The Bertz CT molecular complexity index is 173. The first-order valence-corrected chi connectivity index (χ1v) is 6.44. The SMILES string of the molecule is CCCCCSC1CCCC1C#N. The average Bonchev–Trinajstić information content (AvgIpc) is 2.60. The number of nitrogens with zero attached hydrogens (tertiary/aromatic N) is 1. The van der Waals surface area contributed by atoms with Gasteiger partial charge in [-0.1, -0.05) is 26.2 Å². The van der Waals surface area contributed by atoms with E-state index < -0.39 is 0 Å². The van der Waals surface area contributed by atoms with Crippen LogP contribution in [0.1, 0.15) is 45.4 Å². The number of thioether (sulfide) groups is 1. The monoisotopic (exact) mass is 197 g/mol. The van der Waals surface area contributed by atoms with Crippen LogP contribution in [0.5, 0.6) is 0 Å². The normalized spacial score (nSPS) is 27.4. The highest BCUT2D eigenvalue weighted by atomic mass is 32.2. The Morgan fingerprint density at radius 1 is 1.38 bits per heavy atom. The standard InChI is InChI=1S/C11H19NS/c1-2-3-4-8-13-11-7-5-6-10(11)9-12/h10-11H,2-8H2,1H3. The third-order valence-electron chi connectivity index (χ3n) is 2.70. The van der Waals surface area contributed by atoms with Crippen LogP contribution in [0, 0.1) is 17.2 Å². The number of nitriles is 1. The molecule has 0 aromatic carbocycles. The molecule has 0 heterocycles. The van der Waals surface area contributed by atoms with Gasteiger partial charge in [0.15, 0.2) is 0 Å². The van der Waals surface area contributed by atoms with E-state index in [4.69, 9.17) is 5.26 Å². The summed E-state index contributed by atoms with van der Waals surface area (Å²) >= 11 is 2.03. The van der Waals surface area contributed by atoms with Crippen LogP contribution in [0.3, 0.4) is 0 Å². The molecular formula is C11H19NS. The Kier molecular flexibility index (Phi) is 5.31. The van der Waals surface area contributed by atoms with E-state index in [9.17, 15) is 0 Å². The van der Waals surface area contributed by atoms with Crippen LogP contribution < -0.4 is 0 Å². The van der Waals surface area contributed by atoms with E-state index in [0.29, 0.717) is 11.2 Å². The third kappa shape index (κ3) is 3.60. The maximum absolute atomic E-state index is 8.88. The minimum Gasteiger partial charge on any atom is -0.198 e. The van der Waals surface area contributed by atoms with Gasteiger partial charge in [-0.25, -0.2) is 0 Å². The Morgan fingerprint density at radius 2 is 2.23 bits per heavy atom. The first kappa shape index (κ1) is 10.9. The summed E-state index contributed by atoms with van der Waals surface area (Å²) in [6.45, 7) is 2.23. The van der Waals surface area contributed by atoms with Gasteiger partial charge in [0, 0.05) is 5.25 Å². The summed E-state index contributed by atoms with van der Waals surface area (Å²) in [5.41, 5.74) is 0. The van der Waals surface area contributed by atoms with Crippen molar-refractivity contribution in [3.63, 3.8) is 0 Å². The van der Waals surface area contributed by atoms with Gasteiger partial charge in [-0.3, -0.25) is 0 Å². The van der Waals surface area contributed by atoms with Crippen molar-refractivity contribution in [2.24, 2.45) is 5.92 Å². The smallest absolute Gasteiger partial charge is 0.0667 e. The van der Waals surface area contributed by atoms with Gasteiger partial charge in [0.2, 0.25) is 0 Å². The summed E-state index contributed by atoms with van der Waals surface area (Å²) in [7, 11) is 0. The highest BCUT2D eigenvalue weighted by Crippen LogP contribution is 2.34. The molecule has 74 valence electrons. The lowest BCUT2D eigenvalue weighted by Crippen LogP contribution is -2.08. The molecule has 1 fully saturated rings. The molecule has 0 radical (unpaired) electrons. The number of rotatable bonds is 5. The molecule has 1 nitrogen and oxygen atoms in total. The fourth-order valence-electron chi connectivity index (χ4n) is 1.86. The highest BCUT2D eigenvalue weighted by molar-refractivity contribution is 7.99. The van der Waals surface area contributed by atoms with E-state index in [2.05, 4.69) is 13.0 Å². The molecule has 2 heteroatoms. The van der Waals surface area contributed by atoms with Gasteiger partial charge in [-0.05, 0) is 25.0 Å². The minimum atomic E-state index is 0.353. The van der Waals surface area contributed by atoms with Crippen molar-refractivity contribution >= 4 is 11.8 Å². The molecular weight excluding hydrogens is 178 g/mol. The van der Waals surface area contributed by atoms with E-state index in [-0.39, 0.29) is 0 Å². The summed E-state index contributed by atoms with van der Waals surface area (Å²) in [6, 6.07) is 2.43. The second-order valence-corrected chi connectivity index (χ2v) is 5.13. The number of unbranched alkanes of at least 4 members (excludes halogenated alkanes) is 2. The van der Waals surface area contributed by atoms with Crippen molar-refractivity contribution in [1.29, 1.82) is 5.26 Å². The Hall–Kier alpha value is -0.160. The number of hydrogen-bond donors (Lipinski definition) is 0. The highest BCUT2D eigenvalue weighted by Gasteiger charge is 2.26. The van der Waals surface area contributed by atoms with Gasteiger partial charge in [-0.2, -0.15) is 17.0 Å². The fraction of sp³-hybridized carbons (Fsp3) is 0.909. The van der Waals surface area contributed by atoms with Crippen LogP contribution in [0.15, 0.2) is 0 Å². The fourth-order valence-corrected chi connectivity index (χ4v) is 3.30. The van der Waals surface area contributed by atoms with Gasteiger partial charge in [0.05, 0.1) is 12.0 Å². The van der Waals surface area contributed by atoms with E-state index in [1.807, 2.05) is 11.8 Å². The summed E-state index contributed by atoms with van der Waals surface area (Å²) < 4.78 is 0. The Morgan fingerprint density at radius 3 is 2.92 bits per heavy atom. The molecule has 0 amide bonds. The lowest BCUT2D eigenvalue weighted by Gasteiger charge is -2.11. The third-order valence-corrected chi connectivity index (χ3v) is 4.21. The molecule has 0 N–H and O–H groups in total. The van der Waals surface area contributed by atoms with Gasteiger partial charge >= 0.3 is 0 Å². The molecule has 1 rings (SSSR count). The molecule has 1 saturated carbocycles. The molecule has 2 unspecified atom stereocenters. The van der Waals surface area contributed by atoms with E-state index in [1.165, 1.54) is 37.9 Å². The Labute approximate surface area is 85.9 Å². The molecule has 0 aromatic rings. The zero-order valence-electron chi connectivity index (χ0n) is 8.46. The first-order chi connectivity index (χ1) is 6.38. The predicted molar refractivity (Wildman–Crippen MR) is 58.7 cm³/mol. The molecule has 2 atom stereocenters. The molecule has 0 aliphatic heterocycles. The van der Waals surface area contributed by atoms with Gasteiger partial charge in [-0.15, -0.1) is 0 Å². The molecule has 1 aliphatic carbocycles. The van der Waals surface area contributed by atoms with Gasteiger partial charge in [0.1, 0.15) is 0 Å². The Balaban J connectivity index is 2.10. The second-order valence-electron chi connectivity index (χ2n) is 3.78. The number of hydrogen-bond acceptors (Lipinski definition) is 2. The summed E-state index contributed by atoms with van der Waals surface area (Å²) in [5.74, 6) is 1.61. The summed E-state index contributed by atoms with van der Waals surface area (Å²) in [6.07, 6.45) is 7.65. The van der Waals surface area contributed by atoms with E-state index in [0.717, 1.165) is 6.42 Å². The second kappa shape index (κ2) is 6.32. The van der Waals surface area contributed by atoms with E-state index >= 15 is 0 Å².